The highest BCUT2D eigenvalue weighted by Crippen LogP contribution is 1.90. The first-order chi connectivity index (χ1) is 3.72. The summed E-state index contributed by atoms with van der Waals surface area (Å²) in [5.41, 5.74) is 0.308. The molecule has 3 heteroatoms. The second-order valence-electron chi connectivity index (χ2n) is 1.43. The predicted molar refractivity (Wildman–Crippen MR) is 36.2 cm³/mol. The zero-order valence-electron chi connectivity index (χ0n) is 4.51. The van der Waals surface area contributed by atoms with Crippen molar-refractivity contribution in [3.8, 4) is 6.07 Å². The van der Waals surface area contributed by atoms with Gasteiger partial charge in [0.2, 0.25) is 0 Å². The van der Waals surface area contributed by atoms with Crippen LogP contribution in [0.2, 0.25) is 0 Å². The molecular formula is C5H6N2S. The van der Waals surface area contributed by atoms with E-state index in [1.54, 1.807) is 6.92 Å². The molecule has 0 rings (SSSR count). The fourth-order valence-corrected chi connectivity index (χ4v) is 0.494. The topological polar surface area (TPSA) is 47.6 Å². The van der Waals surface area contributed by atoms with Crippen LogP contribution in [-0.2, 0) is 0 Å². The van der Waals surface area contributed by atoms with Crippen molar-refractivity contribution in [3.63, 3.8) is 0 Å². The Morgan fingerprint density at radius 3 is 2.50 bits per heavy atom. The highest BCUT2D eigenvalue weighted by atomic mass is 32.1. The highest BCUT2D eigenvalue weighted by molar-refractivity contribution is 7.79. The first-order valence-electron chi connectivity index (χ1n) is 2.12. The summed E-state index contributed by atoms with van der Waals surface area (Å²) in [6.07, 6.45) is 0. The molecule has 2 nitrogen and oxygen atoms in total. The van der Waals surface area contributed by atoms with Crippen molar-refractivity contribution >= 4 is 23.3 Å². The number of rotatable bonds is 2. The van der Waals surface area contributed by atoms with Crippen LogP contribution in [0.15, 0.2) is 0 Å². The summed E-state index contributed by atoms with van der Waals surface area (Å²) >= 11 is 4.46. The predicted octanol–water partition coefficient (Wildman–Crippen LogP) is 1.17. The average Bonchev–Trinajstić information content (AvgIpc) is 1.69. The van der Waals surface area contributed by atoms with Gasteiger partial charge in [-0.3, -0.25) is 0 Å². The number of thiocarbonyl (C=S) groups is 1. The van der Waals surface area contributed by atoms with Crippen molar-refractivity contribution in [2.45, 2.75) is 6.92 Å². The molecule has 8 heavy (non-hydrogen) atoms. The molecule has 0 aromatic rings. The van der Waals surface area contributed by atoms with E-state index >= 15 is 0 Å². The first-order valence-corrected chi connectivity index (χ1v) is 2.59. The Labute approximate surface area is 53.6 Å². The Hall–Kier alpha value is -0.750. The molecule has 0 aliphatic heterocycles. The number of hydrogen-bond donors (Lipinski definition) is 1. The van der Waals surface area contributed by atoms with Crippen LogP contribution < -0.4 is 0 Å². The van der Waals surface area contributed by atoms with Crippen molar-refractivity contribution in [2.75, 3.05) is 0 Å². The lowest BCUT2D eigenvalue weighted by Gasteiger charge is -1.93. The Kier molecular flexibility index (Phi) is 2.97. The van der Waals surface area contributed by atoms with E-state index in [0.29, 0.717) is 5.71 Å². The minimum absolute atomic E-state index is 0.308. The van der Waals surface area contributed by atoms with E-state index in [1.165, 1.54) is 5.37 Å². The smallest absolute Gasteiger partial charge is 0.112 e. The minimum Gasteiger partial charge on any atom is -0.308 e. The van der Waals surface area contributed by atoms with E-state index in [2.05, 4.69) is 12.2 Å². The Morgan fingerprint density at radius 1 is 2.00 bits per heavy atom. The Morgan fingerprint density at radius 2 is 2.50 bits per heavy atom. The van der Waals surface area contributed by atoms with Gasteiger partial charge in [0.25, 0.3) is 0 Å². The van der Waals surface area contributed by atoms with Crippen LogP contribution in [-0.4, -0.2) is 11.1 Å². The molecule has 0 amide bonds. The fourth-order valence-electron chi connectivity index (χ4n) is 0.229. The second kappa shape index (κ2) is 3.28. The second-order valence-corrected chi connectivity index (χ2v) is 1.70. The maximum absolute atomic E-state index is 8.21. The van der Waals surface area contributed by atoms with Gasteiger partial charge in [-0.1, -0.05) is 12.2 Å². The summed E-state index contributed by atoms with van der Waals surface area (Å²) in [5, 5.41) is 16.4. The lowest BCUT2D eigenvalue weighted by Crippen LogP contribution is -2.06. The van der Waals surface area contributed by atoms with Crippen molar-refractivity contribution in [3.05, 3.63) is 0 Å². The van der Waals surface area contributed by atoms with E-state index in [0.717, 1.165) is 0 Å². The van der Waals surface area contributed by atoms with Crippen LogP contribution in [0.3, 0.4) is 0 Å². The molecule has 0 saturated carbocycles. The third-order valence-electron chi connectivity index (χ3n) is 0.742. The number of nitriles is 1. The van der Waals surface area contributed by atoms with Crippen molar-refractivity contribution in [2.24, 2.45) is 5.92 Å². The van der Waals surface area contributed by atoms with Crippen LogP contribution >= 0.6 is 12.2 Å². The maximum atomic E-state index is 8.21. The summed E-state index contributed by atoms with van der Waals surface area (Å²) in [6.45, 7) is 1.57. The molecule has 0 saturated heterocycles. The van der Waals surface area contributed by atoms with Gasteiger partial charge >= 0.3 is 0 Å². The van der Waals surface area contributed by atoms with E-state index in [-0.39, 0.29) is 0 Å². The molecule has 1 atom stereocenters. The summed E-state index contributed by atoms with van der Waals surface area (Å²) in [6, 6.07) is 1.87. The Bertz CT molecular complexity index is 145. The zero-order chi connectivity index (χ0) is 6.57. The largest absolute Gasteiger partial charge is 0.308 e. The van der Waals surface area contributed by atoms with Gasteiger partial charge in [-0.05, 0) is 6.92 Å². The third-order valence-corrected chi connectivity index (χ3v) is 1.01. The Balaban J connectivity index is 3.95. The van der Waals surface area contributed by atoms with Crippen LogP contribution in [0.1, 0.15) is 6.92 Å². The summed E-state index contributed by atoms with van der Waals surface area (Å²) in [4.78, 5) is 0. The molecule has 42 valence electrons. The molecule has 0 aliphatic rings. The van der Waals surface area contributed by atoms with E-state index in [4.69, 9.17) is 10.7 Å². The number of nitrogens with one attached hydrogen (secondary N) is 1. The first kappa shape index (κ1) is 7.25. The standard InChI is InChI=1S/C5H6N2S/c1-4(7)5(2-6)3-8/h3,5,7H,1H3. The fraction of sp³-hybridized carbons (Fsp3) is 0.400. The van der Waals surface area contributed by atoms with Crippen LogP contribution in [0.25, 0.3) is 0 Å². The number of hydrogen-bond acceptors (Lipinski definition) is 3. The SMILES string of the molecule is CC(=N)C(C#N)C=S. The zero-order valence-corrected chi connectivity index (χ0v) is 5.33. The van der Waals surface area contributed by atoms with Gasteiger partial charge in [0.05, 0.1) is 6.07 Å². The molecule has 0 fully saturated rings. The van der Waals surface area contributed by atoms with Crippen molar-refractivity contribution in [1.29, 1.82) is 10.7 Å². The molecule has 0 aromatic heterocycles. The average molecular weight is 126 g/mol. The lowest BCUT2D eigenvalue weighted by molar-refractivity contribution is 1.21. The van der Waals surface area contributed by atoms with Crippen molar-refractivity contribution in [1.82, 2.24) is 0 Å². The minimum atomic E-state index is -0.468. The van der Waals surface area contributed by atoms with Gasteiger partial charge in [0.1, 0.15) is 5.92 Å². The lowest BCUT2D eigenvalue weighted by atomic mass is 10.1. The highest BCUT2D eigenvalue weighted by Gasteiger charge is 2.02. The monoisotopic (exact) mass is 126 g/mol. The molecule has 0 aromatic carbocycles. The van der Waals surface area contributed by atoms with Gasteiger partial charge in [0, 0.05) is 11.1 Å². The van der Waals surface area contributed by atoms with E-state index in [9.17, 15) is 0 Å². The molecule has 0 spiro atoms. The molecular weight excluding hydrogens is 120 g/mol. The van der Waals surface area contributed by atoms with Crippen molar-refractivity contribution < 1.29 is 0 Å². The van der Waals surface area contributed by atoms with Gasteiger partial charge < -0.3 is 5.41 Å². The third kappa shape index (κ3) is 1.80. The van der Waals surface area contributed by atoms with Gasteiger partial charge in [0.15, 0.2) is 0 Å². The van der Waals surface area contributed by atoms with Gasteiger partial charge in [-0.25, -0.2) is 0 Å². The van der Waals surface area contributed by atoms with E-state index in [1.807, 2.05) is 6.07 Å². The normalized spacial score (nSPS) is 11.5. The van der Waals surface area contributed by atoms with E-state index < -0.39 is 5.92 Å². The molecule has 0 bridgehead atoms. The van der Waals surface area contributed by atoms with Gasteiger partial charge in [-0.15, -0.1) is 0 Å². The molecule has 1 unspecified atom stereocenters. The van der Waals surface area contributed by atoms with Crippen LogP contribution in [0.4, 0.5) is 0 Å². The van der Waals surface area contributed by atoms with Crippen LogP contribution in [0.5, 0.6) is 0 Å². The number of nitrogens with zero attached hydrogens (tertiary/aromatic N) is 1. The summed E-state index contributed by atoms with van der Waals surface area (Å²) < 4.78 is 0. The van der Waals surface area contributed by atoms with Crippen LogP contribution in [0, 0.1) is 22.7 Å². The quantitative estimate of drug-likeness (QED) is 0.446. The molecule has 0 aliphatic carbocycles. The summed E-state index contributed by atoms with van der Waals surface area (Å²) in [5.74, 6) is -0.468. The molecule has 1 N–H and O–H groups in total. The summed E-state index contributed by atoms with van der Waals surface area (Å²) in [7, 11) is 0. The maximum Gasteiger partial charge on any atom is 0.112 e. The van der Waals surface area contributed by atoms with Gasteiger partial charge in [-0.2, -0.15) is 5.26 Å². The molecule has 0 radical (unpaired) electrons. The molecule has 0 heterocycles.